The van der Waals surface area contributed by atoms with Crippen molar-refractivity contribution in [2.45, 2.75) is 45.4 Å². The first-order valence-electron chi connectivity index (χ1n) is 8.25. The highest BCUT2D eigenvalue weighted by molar-refractivity contribution is 5.37. The van der Waals surface area contributed by atoms with Crippen LogP contribution >= 0.6 is 0 Å². The van der Waals surface area contributed by atoms with E-state index in [1.54, 1.807) is 14.2 Å². The van der Waals surface area contributed by atoms with E-state index in [2.05, 4.69) is 23.1 Å². The van der Waals surface area contributed by atoms with Crippen LogP contribution in [-0.2, 0) is 22.6 Å². The molecule has 0 spiro atoms. The van der Waals surface area contributed by atoms with E-state index >= 15 is 0 Å². The number of methoxy groups -OCH3 is 2. The van der Waals surface area contributed by atoms with Gasteiger partial charge < -0.3 is 14.2 Å². The fourth-order valence-electron chi connectivity index (χ4n) is 3.14. The number of hydrogen-bond donors (Lipinski definition) is 0. The minimum absolute atomic E-state index is 0.538. The van der Waals surface area contributed by atoms with Gasteiger partial charge in [-0.05, 0) is 44.0 Å². The number of piperidine rings is 1. The third kappa shape index (κ3) is 4.70. The molecule has 0 unspecified atom stereocenters. The lowest BCUT2D eigenvalue weighted by Crippen LogP contribution is -2.41. The van der Waals surface area contributed by atoms with Crippen molar-refractivity contribution in [1.82, 2.24) is 4.90 Å². The number of benzene rings is 1. The standard InChI is InChI=1S/C18H29NO3/c1-4-22-13-16-11-15(8-9-18(16)21-3)12-19-10-6-5-7-17(19)14-20-2/h8-9,11,17H,4-7,10,12-14H2,1-3H3/t17-/m1/s1. The lowest BCUT2D eigenvalue weighted by molar-refractivity contribution is 0.0599. The molecule has 1 saturated heterocycles. The van der Waals surface area contributed by atoms with E-state index in [1.165, 1.54) is 24.8 Å². The molecule has 0 saturated carbocycles. The molecule has 1 aromatic rings. The van der Waals surface area contributed by atoms with E-state index in [0.717, 1.165) is 37.6 Å². The Hall–Kier alpha value is -1.10. The average molecular weight is 307 g/mol. The molecule has 124 valence electrons. The van der Waals surface area contributed by atoms with Crippen LogP contribution in [0.15, 0.2) is 18.2 Å². The van der Waals surface area contributed by atoms with E-state index in [-0.39, 0.29) is 0 Å². The van der Waals surface area contributed by atoms with Gasteiger partial charge in [0.1, 0.15) is 5.75 Å². The summed E-state index contributed by atoms with van der Waals surface area (Å²) < 4.78 is 16.4. The molecule has 0 N–H and O–H groups in total. The highest BCUT2D eigenvalue weighted by Crippen LogP contribution is 2.24. The Morgan fingerprint density at radius 2 is 2.09 bits per heavy atom. The number of likely N-dealkylation sites (tertiary alicyclic amines) is 1. The minimum atomic E-state index is 0.538. The molecule has 1 fully saturated rings. The molecule has 1 heterocycles. The van der Waals surface area contributed by atoms with Crippen LogP contribution in [0.5, 0.6) is 5.75 Å². The van der Waals surface area contributed by atoms with Crippen molar-refractivity contribution in [3.63, 3.8) is 0 Å². The topological polar surface area (TPSA) is 30.9 Å². The maximum atomic E-state index is 5.55. The minimum Gasteiger partial charge on any atom is -0.496 e. The first-order valence-corrected chi connectivity index (χ1v) is 8.25. The summed E-state index contributed by atoms with van der Waals surface area (Å²) in [7, 11) is 3.50. The van der Waals surface area contributed by atoms with Crippen molar-refractivity contribution in [2.75, 3.05) is 34.0 Å². The zero-order valence-corrected chi connectivity index (χ0v) is 14.1. The molecule has 4 nitrogen and oxygen atoms in total. The van der Waals surface area contributed by atoms with Crippen LogP contribution in [0.2, 0.25) is 0 Å². The van der Waals surface area contributed by atoms with Gasteiger partial charge in [0.25, 0.3) is 0 Å². The number of rotatable bonds is 8. The van der Waals surface area contributed by atoms with E-state index in [9.17, 15) is 0 Å². The Balaban J connectivity index is 2.07. The van der Waals surface area contributed by atoms with Crippen LogP contribution in [-0.4, -0.2) is 44.9 Å². The highest BCUT2D eigenvalue weighted by Gasteiger charge is 2.22. The van der Waals surface area contributed by atoms with Gasteiger partial charge in [0, 0.05) is 31.9 Å². The normalized spacial score (nSPS) is 19.3. The molecular weight excluding hydrogens is 278 g/mol. The summed E-state index contributed by atoms with van der Waals surface area (Å²) in [5.41, 5.74) is 2.45. The third-order valence-corrected chi connectivity index (χ3v) is 4.30. The van der Waals surface area contributed by atoms with Gasteiger partial charge in [0.15, 0.2) is 0 Å². The second kappa shape index (κ2) is 9.13. The summed E-state index contributed by atoms with van der Waals surface area (Å²) in [4.78, 5) is 2.54. The first-order chi connectivity index (χ1) is 10.8. The maximum Gasteiger partial charge on any atom is 0.124 e. The summed E-state index contributed by atoms with van der Waals surface area (Å²) in [5, 5.41) is 0. The van der Waals surface area contributed by atoms with Crippen molar-refractivity contribution in [2.24, 2.45) is 0 Å². The van der Waals surface area contributed by atoms with Crippen LogP contribution in [0, 0.1) is 0 Å². The first kappa shape index (κ1) is 17.3. The third-order valence-electron chi connectivity index (χ3n) is 4.30. The van der Waals surface area contributed by atoms with Gasteiger partial charge in [-0.1, -0.05) is 12.5 Å². The number of ether oxygens (including phenoxy) is 3. The second-order valence-electron chi connectivity index (χ2n) is 5.86. The fourth-order valence-corrected chi connectivity index (χ4v) is 3.14. The summed E-state index contributed by atoms with van der Waals surface area (Å²) in [6.07, 6.45) is 3.82. The van der Waals surface area contributed by atoms with Gasteiger partial charge in [-0.25, -0.2) is 0 Å². The van der Waals surface area contributed by atoms with Crippen LogP contribution < -0.4 is 4.74 Å². The monoisotopic (exact) mass is 307 g/mol. The Bertz CT molecular complexity index is 448. The van der Waals surface area contributed by atoms with Gasteiger partial charge in [0.2, 0.25) is 0 Å². The summed E-state index contributed by atoms with van der Waals surface area (Å²) in [6.45, 7) is 6.28. The summed E-state index contributed by atoms with van der Waals surface area (Å²) in [6, 6.07) is 6.97. The van der Waals surface area contributed by atoms with Gasteiger partial charge in [0.05, 0.1) is 20.3 Å². The molecule has 0 bridgehead atoms. The zero-order valence-electron chi connectivity index (χ0n) is 14.1. The second-order valence-corrected chi connectivity index (χ2v) is 5.86. The number of nitrogens with zero attached hydrogens (tertiary/aromatic N) is 1. The van der Waals surface area contributed by atoms with E-state index in [1.807, 2.05) is 6.92 Å². The van der Waals surface area contributed by atoms with Gasteiger partial charge in [-0.3, -0.25) is 4.90 Å². The van der Waals surface area contributed by atoms with E-state index in [4.69, 9.17) is 14.2 Å². The predicted molar refractivity (Wildman–Crippen MR) is 88.2 cm³/mol. The average Bonchev–Trinajstić information content (AvgIpc) is 2.55. The molecule has 22 heavy (non-hydrogen) atoms. The van der Waals surface area contributed by atoms with Crippen LogP contribution in [0.1, 0.15) is 37.3 Å². The predicted octanol–water partition coefficient (Wildman–Crippen LogP) is 3.23. The summed E-state index contributed by atoms with van der Waals surface area (Å²) >= 11 is 0. The van der Waals surface area contributed by atoms with Crippen LogP contribution in [0.3, 0.4) is 0 Å². The van der Waals surface area contributed by atoms with Gasteiger partial charge in [-0.15, -0.1) is 0 Å². The Morgan fingerprint density at radius 1 is 1.23 bits per heavy atom. The zero-order chi connectivity index (χ0) is 15.8. The van der Waals surface area contributed by atoms with Crippen molar-refractivity contribution in [3.8, 4) is 5.75 Å². The quantitative estimate of drug-likeness (QED) is 0.738. The molecule has 2 rings (SSSR count). The smallest absolute Gasteiger partial charge is 0.124 e. The molecule has 1 atom stereocenters. The maximum absolute atomic E-state index is 5.55. The SMILES string of the molecule is CCOCc1cc(CN2CCCC[C@@H]2COC)ccc1OC. The molecule has 0 amide bonds. The molecule has 1 aromatic carbocycles. The number of hydrogen-bond acceptors (Lipinski definition) is 4. The van der Waals surface area contributed by atoms with Gasteiger partial charge in [-0.2, -0.15) is 0 Å². The van der Waals surface area contributed by atoms with Gasteiger partial charge >= 0.3 is 0 Å². The largest absolute Gasteiger partial charge is 0.496 e. The molecule has 0 aliphatic carbocycles. The van der Waals surface area contributed by atoms with Crippen molar-refractivity contribution < 1.29 is 14.2 Å². The fraction of sp³-hybridized carbons (Fsp3) is 0.667. The van der Waals surface area contributed by atoms with Crippen molar-refractivity contribution >= 4 is 0 Å². The molecular formula is C18H29NO3. The molecule has 1 aliphatic heterocycles. The summed E-state index contributed by atoms with van der Waals surface area (Å²) in [5.74, 6) is 0.907. The molecule has 1 aliphatic rings. The van der Waals surface area contributed by atoms with Crippen LogP contribution in [0.25, 0.3) is 0 Å². The Labute approximate surface area is 134 Å². The lowest BCUT2D eigenvalue weighted by atomic mass is 10.0. The molecule has 4 heteroatoms. The van der Waals surface area contributed by atoms with Crippen molar-refractivity contribution in [1.29, 1.82) is 0 Å². The van der Waals surface area contributed by atoms with Crippen molar-refractivity contribution in [3.05, 3.63) is 29.3 Å². The Kier molecular flexibility index (Phi) is 7.16. The molecule has 0 radical (unpaired) electrons. The lowest BCUT2D eigenvalue weighted by Gasteiger charge is -2.35. The van der Waals surface area contributed by atoms with Crippen LogP contribution in [0.4, 0.5) is 0 Å². The highest BCUT2D eigenvalue weighted by atomic mass is 16.5. The van der Waals surface area contributed by atoms with E-state index in [0.29, 0.717) is 12.6 Å². The van der Waals surface area contributed by atoms with E-state index < -0.39 is 0 Å². The Morgan fingerprint density at radius 3 is 2.82 bits per heavy atom. The molecule has 0 aromatic heterocycles.